The van der Waals surface area contributed by atoms with Crippen molar-refractivity contribution < 1.29 is 5.11 Å². The van der Waals surface area contributed by atoms with Crippen LogP contribution in [0.25, 0.3) is 0 Å². The molecule has 1 atom stereocenters. The van der Waals surface area contributed by atoms with Crippen LogP contribution in [0.1, 0.15) is 24.5 Å². The summed E-state index contributed by atoms with van der Waals surface area (Å²) in [6.07, 6.45) is 2.39. The minimum atomic E-state index is 0.248. The molecule has 1 saturated heterocycles. The normalized spacial score (nSPS) is 20.9. The monoisotopic (exact) mass is 249 g/mol. The van der Waals surface area contributed by atoms with Crippen molar-refractivity contribution in [2.24, 2.45) is 0 Å². The average molecular weight is 249 g/mol. The lowest BCUT2D eigenvalue weighted by Gasteiger charge is -2.32. The van der Waals surface area contributed by atoms with Gasteiger partial charge in [-0.15, -0.1) is 0 Å². The van der Waals surface area contributed by atoms with E-state index in [1.165, 1.54) is 18.5 Å². The minimum Gasteiger partial charge on any atom is -0.395 e. The van der Waals surface area contributed by atoms with Crippen LogP contribution in [-0.2, 0) is 0 Å². The molecule has 1 aliphatic rings. The van der Waals surface area contributed by atoms with Crippen LogP contribution in [0.3, 0.4) is 0 Å². The number of aliphatic hydroxyl groups is 1. The molecular weight excluding hydrogens is 226 g/mol. The van der Waals surface area contributed by atoms with Gasteiger partial charge < -0.3 is 14.9 Å². The molecule has 0 aliphatic carbocycles. The van der Waals surface area contributed by atoms with Gasteiger partial charge in [0.25, 0.3) is 0 Å². The molecule has 4 heteroatoms. The molecule has 2 heterocycles. The van der Waals surface area contributed by atoms with Gasteiger partial charge in [-0.2, -0.15) is 0 Å². The fraction of sp³-hybridized carbons (Fsp3) is 0.643. The Morgan fingerprint density at radius 3 is 3.00 bits per heavy atom. The highest BCUT2D eigenvalue weighted by Gasteiger charge is 2.22. The zero-order chi connectivity index (χ0) is 13.0. The van der Waals surface area contributed by atoms with Gasteiger partial charge >= 0.3 is 0 Å². The number of β-amino-alcohol motifs (C(OH)–C–C–N with tert-alkyl or cyclic N) is 1. The number of aliphatic hydroxyl groups excluding tert-OH is 1. The van der Waals surface area contributed by atoms with Gasteiger partial charge in [-0.05, 0) is 31.5 Å². The molecule has 0 aromatic carbocycles. The lowest BCUT2D eigenvalue weighted by atomic mass is 9.94. The van der Waals surface area contributed by atoms with Crippen molar-refractivity contribution in [2.45, 2.75) is 18.8 Å². The van der Waals surface area contributed by atoms with E-state index in [0.29, 0.717) is 5.92 Å². The summed E-state index contributed by atoms with van der Waals surface area (Å²) in [5.41, 5.74) is 1.18. The molecular formula is C14H23N3O. The lowest BCUT2D eigenvalue weighted by Crippen LogP contribution is -2.36. The third kappa shape index (κ3) is 3.21. The van der Waals surface area contributed by atoms with Gasteiger partial charge in [-0.25, -0.2) is 4.98 Å². The molecule has 1 aromatic heterocycles. The van der Waals surface area contributed by atoms with E-state index >= 15 is 0 Å². The number of hydrogen-bond acceptors (Lipinski definition) is 4. The van der Waals surface area contributed by atoms with E-state index in [1.807, 2.05) is 25.1 Å². The third-order valence-electron chi connectivity index (χ3n) is 3.55. The number of pyridine rings is 1. The molecule has 0 radical (unpaired) electrons. The first-order valence-electron chi connectivity index (χ1n) is 6.68. The van der Waals surface area contributed by atoms with Crippen molar-refractivity contribution in [3.05, 3.63) is 23.9 Å². The van der Waals surface area contributed by atoms with E-state index in [0.717, 1.165) is 25.5 Å². The summed E-state index contributed by atoms with van der Waals surface area (Å²) >= 11 is 0. The second kappa shape index (κ2) is 6.16. The molecule has 1 aliphatic heterocycles. The molecule has 2 rings (SSSR count). The van der Waals surface area contributed by atoms with E-state index in [4.69, 9.17) is 10.1 Å². The van der Waals surface area contributed by atoms with Gasteiger partial charge in [0.15, 0.2) is 0 Å². The van der Waals surface area contributed by atoms with E-state index in [2.05, 4.69) is 17.0 Å². The Bertz CT molecular complexity index is 379. The van der Waals surface area contributed by atoms with Gasteiger partial charge in [0.2, 0.25) is 0 Å². The lowest BCUT2D eigenvalue weighted by molar-refractivity contribution is 0.160. The standard InChI is InChI=1S/C14H23N3O/c1-16(2)14-7-3-6-13(15-14)12-5-4-8-17(11-12)9-10-18/h3,6-7,12,18H,4-5,8-11H2,1-2H3. The molecule has 1 N–H and O–H groups in total. The number of piperidine rings is 1. The van der Waals surface area contributed by atoms with Crippen LogP contribution in [0.4, 0.5) is 5.82 Å². The van der Waals surface area contributed by atoms with Crippen LogP contribution >= 0.6 is 0 Å². The molecule has 1 unspecified atom stereocenters. The minimum absolute atomic E-state index is 0.248. The van der Waals surface area contributed by atoms with Crippen LogP contribution in [0, 0.1) is 0 Å². The summed E-state index contributed by atoms with van der Waals surface area (Å²) in [5.74, 6) is 1.52. The molecule has 0 amide bonds. The highest BCUT2D eigenvalue weighted by molar-refractivity contribution is 5.37. The summed E-state index contributed by atoms with van der Waals surface area (Å²) in [6, 6.07) is 6.25. The Balaban J connectivity index is 2.08. The smallest absolute Gasteiger partial charge is 0.128 e. The van der Waals surface area contributed by atoms with Gasteiger partial charge in [0.1, 0.15) is 5.82 Å². The quantitative estimate of drug-likeness (QED) is 0.873. The number of anilines is 1. The average Bonchev–Trinajstić information content (AvgIpc) is 2.39. The first kappa shape index (κ1) is 13.3. The van der Waals surface area contributed by atoms with Crippen molar-refractivity contribution in [1.29, 1.82) is 0 Å². The van der Waals surface area contributed by atoms with E-state index < -0.39 is 0 Å². The van der Waals surface area contributed by atoms with Crippen molar-refractivity contribution in [1.82, 2.24) is 9.88 Å². The number of aromatic nitrogens is 1. The SMILES string of the molecule is CN(C)c1cccc(C2CCCN(CCO)C2)n1. The molecule has 0 spiro atoms. The van der Waals surface area contributed by atoms with E-state index in [1.54, 1.807) is 0 Å². The van der Waals surface area contributed by atoms with E-state index in [9.17, 15) is 0 Å². The third-order valence-corrected chi connectivity index (χ3v) is 3.55. The fourth-order valence-electron chi connectivity index (χ4n) is 2.56. The summed E-state index contributed by atoms with van der Waals surface area (Å²) in [7, 11) is 4.04. The summed E-state index contributed by atoms with van der Waals surface area (Å²) < 4.78 is 0. The molecule has 1 aromatic rings. The van der Waals surface area contributed by atoms with E-state index in [-0.39, 0.29) is 6.61 Å². The maximum absolute atomic E-state index is 9.03. The van der Waals surface area contributed by atoms with Gasteiger partial charge in [-0.1, -0.05) is 6.07 Å². The predicted octanol–water partition coefficient (Wildman–Crippen LogP) is 1.32. The molecule has 0 bridgehead atoms. The van der Waals surface area contributed by atoms with Crippen LogP contribution < -0.4 is 4.90 Å². The Morgan fingerprint density at radius 1 is 1.44 bits per heavy atom. The predicted molar refractivity (Wildman–Crippen MR) is 74.1 cm³/mol. The largest absolute Gasteiger partial charge is 0.395 e. The van der Waals surface area contributed by atoms with Crippen LogP contribution in [0.15, 0.2) is 18.2 Å². The first-order valence-corrected chi connectivity index (χ1v) is 6.68. The maximum Gasteiger partial charge on any atom is 0.128 e. The Hall–Kier alpha value is -1.13. The van der Waals surface area contributed by atoms with Gasteiger partial charge in [-0.3, -0.25) is 0 Å². The van der Waals surface area contributed by atoms with Gasteiger partial charge in [0.05, 0.1) is 6.61 Å². The molecule has 18 heavy (non-hydrogen) atoms. The van der Waals surface area contributed by atoms with Crippen molar-refractivity contribution in [2.75, 3.05) is 45.2 Å². The number of rotatable bonds is 4. The summed E-state index contributed by atoms with van der Waals surface area (Å²) in [5, 5.41) is 9.03. The molecule has 0 saturated carbocycles. The Labute approximate surface area is 109 Å². The second-order valence-electron chi connectivity index (χ2n) is 5.18. The van der Waals surface area contributed by atoms with Crippen LogP contribution in [0.5, 0.6) is 0 Å². The number of nitrogens with zero attached hydrogens (tertiary/aromatic N) is 3. The summed E-state index contributed by atoms with van der Waals surface area (Å²) in [4.78, 5) is 9.10. The summed E-state index contributed by atoms with van der Waals surface area (Å²) in [6.45, 7) is 3.15. The topological polar surface area (TPSA) is 39.6 Å². The first-order chi connectivity index (χ1) is 8.70. The maximum atomic E-state index is 9.03. The van der Waals surface area contributed by atoms with Gasteiger partial charge in [0, 0.05) is 38.8 Å². The highest BCUT2D eigenvalue weighted by Crippen LogP contribution is 2.26. The highest BCUT2D eigenvalue weighted by atomic mass is 16.3. The molecule has 1 fully saturated rings. The van der Waals surface area contributed by atoms with Crippen LogP contribution in [0.2, 0.25) is 0 Å². The Kier molecular flexibility index (Phi) is 4.55. The second-order valence-corrected chi connectivity index (χ2v) is 5.18. The number of likely N-dealkylation sites (tertiary alicyclic amines) is 1. The van der Waals surface area contributed by atoms with Crippen molar-refractivity contribution in [3.63, 3.8) is 0 Å². The zero-order valence-electron chi connectivity index (χ0n) is 11.3. The zero-order valence-corrected chi connectivity index (χ0v) is 11.3. The van der Waals surface area contributed by atoms with Crippen LogP contribution in [-0.4, -0.2) is 55.3 Å². The number of hydrogen-bond donors (Lipinski definition) is 1. The van der Waals surface area contributed by atoms with Crippen molar-refractivity contribution >= 4 is 5.82 Å². The molecule has 100 valence electrons. The Morgan fingerprint density at radius 2 is 2.28 bits per heavy atom. The van der Waals surface area contributed by atoms with Crippen molar-refractivity contribution in [3.8, 4) is 0 Å². The molecule has 4 nitrogen and oxygen atoms in total. The fourth-order valence-corrected chi connectivity index (χ4v) is 2.56.